The lowest BCUT2D eigenvalue weighted by Crippen LogP contribution is -2.34. The van der Waals surface area contributed by atoms with Crippen molar-refractivity contribution in [3.05, 3.63) is 24.3 Å². The van der Waals surface area contributed by atoms with E-state index in [1.165, 1.54) is 37.6 Å². The molecule has 2 heterocycles. The molecule has 1 aliphatic rings. The van der Waals surface area contributed by atoms with Crippen LogP contribution in [-0.2, 0) is 5.54 Å². The number of alkyl halides is 1. The Morgan fingerprint density at radius 3 is 2.74 bits per heavy atom. The Balaban J connectivity index is 2.22. The number of halogens is 1. The topological polar surface area (TPSA) is 30.7 Å². The molecule has 102 valence electrons. The number of imidazole rings is 1. The molecule has 0 spiro atoms. The number of pyridine rings is 1. The lowest BCUT2D eigenvalue weighted by molar-refractivity contribution is 0.219. The molecule has 4 heteroatoms. The summed E-state index contributed by atoms with van der Waals surface area (Å²) in [5.41, 5.74) is 2.27. The molecule has 19 heavy (non-hydrogen) atoms. The van der Waals surface area contributed by atoms with Gasteiger partial charge in [0.15, 0.2) is 0 Å². The van der Waals surface area contributed by atoms with Crippen molar-refractivity contribution in [1.82, 2.24) is 14.5 Å². The van der Waals surface area contributed by atoms with Crippen molar-refractivity contribution in [2.45, 2.75) is 56.9 Å². The second kappa shape index (κ2) is 4.78. The van der Waals surface area contributed by atoms with Crippen LogP contribution in [0.4, 0.5) is 0 Å². The molecule has 2 aromatic heterocycles. The Morgan fingerprint density at radius 2 is 2.05 bits per heavy atom. The normalized spacial score (nSPS) is 20.6. The van der Waals surface area contributed by atoms with E-state index in [-0.39, 0.29) is 10.9 Å². The monoisotopic (exact) mass is 277 g/mol. The van der Waals surface area contributed by atoms with Crippen LogP contribution in [0.1, 0.15) is 57.2 Å². The van der Waals surface area contributed by atoms with Crippen molar-refractivity contribution in [2.75, 3.05) is 0 Å². The van der Waals surface area contributed by atoms with Crippen molar-refractivity contribution in [2.24, 2.45) is 0 Å². The molecule has 0 N–H and O–H groups in total. The van der Waals surface area contributed by atoms with Crippen molar-refractivity contribution in [1.29, 1.82) is 0 Å². The lowest BCUT2D eigenvalue weighted by Gasteiger charge is -2.37. The molecule has 0 radical (unpaired) electrons. The number of hydrogen-bond donors (Lipinski definition) is 0. The smallest absolute Gasteiger partial charge is 0.128 e. The lowest BCUT2D eigenvalue weighted by atomic mass is 9.82. The molecule has 1 atom stereocenters. The highest BCUT2D eigenvalue weighted by atomic mass is 35.5. The van der Waals surface area contributed by atoms with Crippen molar-refractivity contribution < 1.29 is 0 Å². The van der Waals surface area contributed by atoms with Crippen LogP contribution in [0.15, 0.2) is 18.5 Å². The van der Waals surface area contributed by atoms with Crippen LogP contribution in [0, 0.1) is 0 Å². The Hall–Kier alpha value is -1.09. The summed E-state index contributed by atoms with van der Waals surface area (Å²) in [6.45, 7) is 4.34. The number of fused-ring (bicyclic) bond motifs is 1. The maximum Gasteiger partial charge on any atom is 0.128 e. The highest BCUT2D eigenvalue weighted by Gasteiger charge is 2.33. The van der Waals surface area contributed by atoms with Gasteiger partial charge in [0.05, 0.1) is 17.1 Å². The first kappa shape index (κ1) is 12.9. The fourth-order valence-corrected chi connectivity index (χ4v) is 3.47. The highest BCUT2D eigenvalue weighted by Crippen LogP contribution is 2.39. The molecular weight excluding hydrogens is 258 g/mol. The van der Waals surface area contributed by atoms with Crippen LogP contribution in [0.2, 0.25) is 0 Å². The van der Waals surface area contributed by atoms with Crippen LogP contribution < -0.4 is 0 Å². The largest absolute Gasteiger partial charge is 0.321 e. The molecule has 0 amide bonds. The summed E-state index contributed by atoms with van der Waals surface area (Å²) in [6, 6.07) is 2.06. The third kappa shape index (κ3) is 2.14. The molecule has 3 nitrogen and oxygen atoms in total. The van der Waals surface area contributed by atoms with Gasteiger partial charge in [0, 0.05) is 11.7 Å². The molecule has 0 bridgehead atoms. The Morgan fingerprint density at radius 1 is 1.32 bits per heavy atom. The van der Waals surface area contributed by atoms with Crippen LogP contribution >= 0.6 is 11.6 Å². The third-order valence-corrected chi connectivity index (χ3v) is 4.50. The summed E-state index contributed by atoms with van der Waals surface area (Å²) in [4.78, 5) is 8.88. The zero-order valence-corrected chi connectivity index (χ0v) is 12.3. The number of nitrogens with zero attached hydrogens (tertiary/aromatic N) is 3. The molecule has 3 rings (SSSR count). The fourth-order valence-electron chi connectivity index (χ4n) is 3.32. The van der Waals surface area contributed by atoms with E-state index in [0.29, 0.717) is 0 Å². The van der Waals surface area contributed by atoms with Crippen LogP contribution in [0.25, 0.3) is 11.0 Å². The predicted octanol–water partition coefficient (Wildman–Crippen LogP) is 4.41. The molecule has 0 saturated heterocycles. The Bertz CT molecular complexity index is 582. The van der Waals surface area contributed by atoms with Gasteiger partial charge in [-0.1, -0.05) is 19.3 Å². The van der Waals surface area contributed by atoms with Gasteiger partial charge in [0.1, 0.15) is 11.3 Å². The zero-order valence-electron chi connectivity index (χ0n) is 11.6. The molecule has 1 unspecified atom stereocenters. The van der Waals surface area contributed by atoms with E-state index >= 15 is 0 Å². The van der Waals surface area contributed by atoms with Gasteiger partial charge in [-0.25, -0.2) is 4.98 Å². The van der Waals surface area contributed by atoms with Crippen LogP contribution in [-0.4, -0.2) is 14.5 Å². The first-order valence-corrected chi connectivity index (χ1v) is 7.52. The zero-order chi connectivity index (χ0) is 13.5. The van der Waals surface area contributed by atoms with E-state index in [2.05, 4.69) is 22.5 Å². The van der Waals surface area contributed by atoms with E-state index in [9.17, 15) is 0 Å². The molecular formula is C15H20ClN3. The first-order chi connectivity index (χ1) is 9.12. The minimum Gasteiger partial charge on any atom is -0.321 e. The molecule has 0 aromatic carbocycles. The summed E-state index contributed by atoms with van der Waals surface area (Å²) >= 11 is 6.36. The summed E-state index contributed by atoms with van der Waals surface area (Å²) in [7, 11) is 0. The number of aromatic nitrogens is 3. The van der Waals surface area contributed by atoms with Crippen molar-refractivity contribution in [3.8, 4) is 0 Å². The van der Waals surface area contributed by atoms with Crippen LogP contribution in [0.5, 0.6) is 0 Å². The van der Waals surface area contributed by atoms with E-state index in [4.69, 9.17) is 16.6 Å². The molecule has 0 aliphatic heterocycles. The minimum absolute atomic E-state index is 0.0776. The van der Waals surface area contributed by atoms with Gasteiger partial charge in [0.25, 0.3) is 0 Å². The minimum atomic E-state index is -0.0776. The van der Waals surface area contributed by atoms with Crippen LogP contribution in [0.3, 0.4) is 0 Å². The maximum atomic E-state index is 6.36. The van der Waals surface area contributed by atoms with Gasteiger partial charge in [-0.2, -0.15) is 0 Å². The van der Waals surface area contributed by atoms with Crippen molar-refractivity contribution in [3.63, 3.8) is 0 Å². The van der Waals surface area contributed by atoms with E-state index in [1.807, 2.05) is 19.3 Å². The molecule has 1 saturated carbocycles. The van der Waals surface area contributed by atoms with Gasteiger partial charge in [-0.05, 0) is 32.8 Å². The quantitative estimate of drug-likeness (QED) is 0.761. The number of hydrogen-bond acceptors (Lipinski definition) is 2. The average Bonchev–Trinajstić information content (AvgIpc) is 2.79. The van der Waals surface area contributed by atoms with E-state index in [1.54, 1.807) is 0 Å². The second-order valence-electron chi connectivity index (χ2n) is 5.84. The van der Waals surface area contributed by atoms with Gasteiger partial charge >= 0.3 is 0 Å². The highest BCUT2D eigenvalue weighted by molar-refractivity contribution is 6.20. The second-order valence-corrected chi connectivity index (χ2v) is 6.50. The standard InChI is InChI=1S/C15H20ClN3/c1-11(16)14-18-12-10-17-9-6-13(12)19(14)15(2)7-4-3-5-8-15/h6,9-11H,3-5,7-8H2,1-2H3. The van der Waals surface area contributed by atoms with E-state index in [0.717, 1.165) is 11.3 Å². The first-order valence-electron chi connectivity index (χ1n) is 7.09. The molecule has 2 aromatic rings. The van der Waals surface area contributed by atoms with Gasteiger partial charge in [-0.15, -0.1) is 11.6 Å². The predicted molar refractivity (Wildman–Crippen MR) is 78.5 cm³/mol. The fraction of sp³-hybridized carbons (Fsp3) is 0.600. The van der Waals surface area contributed by atoms with Gasteiger partial charge < -0.3 is 4.57 Å². The van der Waals surface area contributed by atoms with Gasteiger partial charge in [0.2, 0.25) is 0 Å². The Kier molecular flexibility index (Phi) is 3.25. The SMILES string of the molecule is CC(Cl)c1nc2cnccc2n1C1(C)CCCCC1. The summed E-state index contributed by atoms with van der Waals surface area (Å²) in [5, 5.41) is -0.0776. The molecule has 1 fully saturated rings. The number of rotatable bonds is 2. The van der Waals surface area contributed by atoms with Gasteiger partial charge in [-0.3, -0.25) is 4.98 Å². The van der Waals surface area contributed by atoms with Crippen molar-refractivity contribution >= 4 is 22.6 Å². The average molecular weight is 278 g/mol. The van der Waals surface area contributed by atoms with E-state index < -0.39 is 0 Å². The molecule has 1 aliphatic carbocycles. The summed E-state index contributed by atoms with van der Waals surface area (Å²) < 4.78 is 2.38. The third-order valence-electron chi connectivity index (χ3n) is 4.31. The summed E-state index contributed by atoms with van der Waals surface area (Å²) in [5.74, 6) is 0.981. The maximum absolute atomic E-state index is 6.36. The summed E-state index contributed by atoms with van der Waals surface area (Å²) in [6.07, 6.45) is 10.0. The Labute approximate surface area is 119 Å².